The van der Waals surface area contributed by atoms with Crippen LogP contribution in [0.15, 0.2) is 42.5 Å². The summed E-state index contributed by atoms with van der Waals surface area (Å²) in [7, 11) is 0. The molecule has 2 aromatic carbocycles. The smallest absolute Gasteiger partial charge is 0.200 e. The quantitative estimate of drug-likeness (QED) is 0.796. The molecule has 2 nitrogen and oxygen atoms in total. The highest BCUT2D eigenvalue weighted by Gasteiger charge is 2.11. The minimum Gasteiger partial charge on any atom is -0.482 e. The number of rotatable bonds is 4. The third kappa shape index (κ3) is 3.29. The lowest BCUT2D eigenvalue weighted by Gasteiger charge is -2.07. The molecular formula is C14H9ClF2O2. The number of ketones is 1. The largest absolute Gasteiger partial charge is 0.482 e. The molecule has 0 fully saturated rings. The number of Topliss-reactive ketones (excluding diaryl/α,β-unsaturated/α-hetero) is 1. The monoisotopic (exact) mass is 282 g/mol. The van der Waals surface area contributed by atoms with Crippen molar-refractivity contribution in [3.05, 3.63) is 64.7 Å². The van der Waals surface area contributed by atoms with Gasteiger partial charge in [0, 0.05) is 5.56 Å². The third-order valence-corrected chi connectivity index (χ3v) is 2.71. The summed E-state index contributed by atoms with van der Waals surface area (Å²) in [4.78, 5) is 11.7. The zero-order valence-corrected chi connectivity index (χ0v) is 10.5. The highest BCUT2D eigenvalue weighted by molar-refractivity contribution is 6.30. The number of hydrogen-bond donors (Lipinski definition) is 0. The van der Waals surface area contributed by atoms with Crippen LogP contribution in [-0.4, -0.2) is 12.4 Å². The summed E-state index contributed by atoms with van der Waals surface area (Å²) in [6.07, 6.45) is 0. The van der Waals surface area contributed by atoms with Gasteiger partial charge >= 0.3 is 0 Å². The molecule has 0 aromatic heterocycles. The highest BCUT2D eigenvalue weighted by atomic mass is 35.5. The maximum absolute atomic E-state index is 13.5. The Morgan fingerprint density at radius 3 is 2.63 bits per heavy atom. The molecule has 0 aliphatic carbocycles. The second kappa shape index (κ2) is 5.80. The Hall–Kier alpha value is -1.94. The lowest BCUT2D eigenvalue weighted by Crippen LogP contribution is -2.12. The molecule has 0 heterocycles. The van der Waals surface area contributed by atoms with Gasteiger partial charge in [-0.1, -0.05) is 29.8 Å². The first kappa shape index (κ1) is 13.5. The van der Waals surface area contributed by atoms with E-state index in [9.17, 15) is 13.6 Å². The summed E-state index contributed by atoms with van der Waals surface area (Å²) in [6, 6.07) is 9.45. The van der Waals surface area contributed by atoms with Crippen molar-refractivity contribution < 1.29 is 18.3 Å². The zero-order chi connectivity index (χ0) is 13.8. The lowest BCUT2D eigenvalue weighted by atomic mass is 10.1. The van der Waals surface area contributed by atoms with E-state index in [4.69, 9.17) is 16.3 Å². The van der Waals surface area contributed by atoms with E-state index in [0.717, 1.165) is 6.07 Å². The summed E-state index contributed by atoms with van der Waals surface area (Å²) in [6.45, 7) is -0.388. The number of halogens is 3. The van der Waals surface area contributed by atoms with Crippen LogP contribution in [0.3, 0.4) is 0 Å². The summed E-state index contributed by atoms with van der Waals surface area (Å²) in [5.74, 6) is -1.80. The first-order valence-corrected chi connectivity index (χ1v) is 5.81. The molecular weight excluding hydrogens is 274 g/mol. The Labute approximate surface area is 113 Å². The van der Waals surface area contributed by atoms with Crippen LogP contribution in [0.25, 0.3) is 0 Å². The molecule has 0 N–H and O–H groups in total. The first-order chi connectivity index (χ1) is 9.08. The van der Waals surface area contributed by atoms with Crippen LogP contribution >= 0.6 is 11.6 Å². The molecule has 0 bridgehead atoms. The number of ether oxygens (including phenoxy) is 1. The molecule has 0 aliphatic heterocycles. The van der Waals surface area contributed by atoms with E-state index in [1.807, 2.05) is 0 Å². The number of carbonyl (C=O) groups is 1. The second-order valence-electron chi connectivity index (χ2n) is 3.77. The van der Waals surface area contributed by atoms with Gasteiger partial charge in [0.1, 0.15) is 5.82 Å². The van der Waals surface area contributed by atoms with E-state index in [1.54, 1.807) is 0 Å². The number of benzene rings is 2. The molecule has 98 valence electrons. The van der Waals surface area contributed by atoms with E-state index >= 15 is 0 Å². The number of hydrogen-bond acceptors (Lipinski definition) is 2. The van der Waals surface area contributed by atoms with Crippen molar-refractivity contribution in [3.63, 3.8) is 0 Å². The molecule has 5 heteroatoms. The van der Waals surface area contributed by atoms with E-state index in [1.165, 1.54) is 36.4 Å². The molecule has 0 radical (unpaired) electrons. The fourth-order valence-electron chi connectivity index (χ4n) is 1.48. The SMILES string of the molecule is O=C(COc1cccc(Cl)c1F)c1cccc(F)c1. The summed E-state index contributed by atoms with van der Waals surface area (Å²) >= 11 is 5.58. The van der Waals surface area contributed by atoms with Crippen molar-refractivity contribution in [2.24, 2.45) is 0 Å². The molecule has 0 amide bonds. The molecule has 2 rings (SSSR count). The maximum Gasteiger partial charge on any atom is 0.200 e. The molecule has 19 heavy (non-hydrogen) atoms. The maximum atomic E-state index is 13.5. The van der Waals surface area contributed by atoms with E-state index in [0.29, 0.717) is 0 Å². The Morgan fingerprint density at radius 2 is 1.89 bits per heavy atom. The minimum absolute atomic E-state index is 0.0873. The van der Waals surface area contributed by atoms with Gasteiger partial charge in [0.25, 0.3) is 0 Å². The van der Waals surface area contributed by atoms with Gasteiger partial charge in [-0.05, 0) is 24.3 Å². The Kier molecular flexibility index (Phi) is 4.12. The van der Waals surface area contributed by atoms with Gasteiger partial charge < -0.3 is 4.74 Å². The van der Waals surface area contributed by atoms with Gasteiger partial charge in [-0.25, -0.2) is 8.78 Å². The van der Waals surface area contributed by atoms with Crippen molar-refractivity contribution in [3.8, 4) is 5.75 Å². The van der Waals surface area contributed by atoms with Gasteiger partial charge in [0.15, 0.2) is 24.0 Å². The Morgan fingerprint density at radius 1 is 1.16 bits per heavy atom. The van der Waals surface area contributed by atoms with Crippen LogP contribution in [0.4, 0.5) is 8.78 Å². The third-order valence-electron chi connectivity index (χ3n) is 2.42. The van der Waals surface area contributed by atoms with Gasteiger partial charge in [-0.2, -0.15) is 0 Å². The fourth-order valence-corrected chi connectivity index (χ4v) is 1.65. The van der Waals surface area contributed by atoms with Gasteiger partial charge in [0.05, 0.1) is 5.02 Å². The molecule has 0 aliphatic rings. The number of carbonyl (C=O) groups excluding carboxylic acids is 1. The first-order valence-electron chi connectivity index (χ1n) is 5.43. The van der Waals surface area contributed by atoms with Crippen LogP contribution < -0.4 is 4.74 Å². The molecule has 2 aromatic rings. The van der Waals surface area contributed by atoms with E-state index in [-0.39, 0.29) is 22.9 Å². The fraction of sp³-hybridized carbons (Fsp3) is 0.0714. The molecule has 0 spiro atoms. The molecule has 0 atom stereocenters. The van der Waals surface area contributed by atoms with Gasteiger partial charge in [0.2, 0.25) is 0 Å². The van der Waals surface area contributed by atoms with Crippen molar-refractivity contribution in [2.75, 3.05) is 6.61 Å². The highest BCUT2D eigenvalue weighted by Crippen LogP contribution is 2.24. The summed E-state index contributed by atoms with van der Waals surface area (Å²) in [5, 5.41) is -0.0873. The Balaban J connectivity index is 2.07. The van der Waals surface area contributed by atoms with Gasteiger partial charge in [-0.3, -0.25) is 4.79 Å². The average molecular weight is 283 g/mol. The van der Waals surface area contributed by atoms with Crippen LogP contribution in [-0.2, 0) is 0 Å². The molecule has 0 saturated carbocycles. The lowest BCUT2D eigenvalue weighted by molar-refractivity contribution is 0.0918. The van der Waals surface area contributed by atoms with Crippen molar-refractivity contribution in [1.29, 1.82) is 0 Å². The van der Waals surface area contributed by atoms with Crippen molar-refractivity contribution in [1.82, 2.24) is 0 Å². The predicted molar refractivity (Wildman–Crippen MR) is 67.6 cm³/mol. The predicted octanol–water partition coefficient (Wildman–Crippen LogP) is 3.88. The van der Waals surface area contributed by atoms with Gasteiger partial charge in [-0.15, -0.1) is 0 Å². The van der Waals surface area contributed by atoms with Crippen LogP contribution in [0.1, 0.15) is 10.4 Å². The van der Waals surface area contributed by atoms with Crippen LogP contribution in [0.5, 0.6) is 5.75 Å². The van der Waals surface area contributed by atoms with Crippen LogP contribution in [0.2, 0.25) is 5.02 Å². The van der Waals surface area contributed by atoms with Crippen molar-refractivity contribution in [2.45, 2.75) is 0 Å². The van der Waals surface area contributed by atoms with E-state index < -0.39 is 17.4 Å². The standard InChI is InChI=1S/C14H9ClF2O2/c15-11-5-2-6-13(14(11)17)19-8-12(18)9-3-1-4-10(16)7-9/h1-7H,8H2. The zero-order valence-electron chi connectivity index (χ0n) is 9.70. The average Bonchev–Trinajstić information content (AvgIpc) is 2.40. The molecule has 0 saturated heterocycles. The summed E-state index contributed by atoms with van der Waals surface area (Å²) < 4.78 is 31.5. The minimum atomic E-state index is -0.726. The normalized spacial score (nSPS) is 10.3. The van der Waals surface area contributed by atoms with Crippen molar-refractivity contribution >= 4 is 17.4 Å². The molecule has 0 unspecified atom stereocenters. The van der Waals surface area contributed by atoms with Crippen LogP contribution in [0, 0.1) is 11.6 Å². The second-order valence-corrected chi connectivity index (χ2v) is 4.18. The van der Waals surface area contributed by atoms with E-state index in [2.05, 4.69) is 0 Å². The topological polar surface area (TPSA) is 26.3 Å². The summed E-state index contributed by atoms with van der Waals surface area (Å²) in [5.41, 5.74) is 0.169. The Bertz CT molecular complexity index is 614.